The summed E-state index contributed by atoms with van der Waals surface area (Å²) in [6, 6.07) is 9.94. The van der Waals surface area contributed by atoms with Gasteiger partial charge in [0.25, 0.3) is 0 Å². The Morgan fingerprint density at radius 3 is 2.78 bits per heavy atom. The minimum absolute atomic E-state index is 0.166. The first-order chi connectivity index (χ1) is 13.2. The average molecular weight is 422 g/mol. The molecule has 2 unspecified atom stereocenters. The van der Waals surface area contributed by atoms with Gasteiger partial charge in [0.1, 0.15) is 11.9 Å². The molecule has 1 fully saturated rings. The van der Waals surface area contributed by atoms with Gasteiger partial charge in [-0.2, -0.15) is 15.6 Å². The molecule has 2 aliphatic rings. The summed E-state index contributed by atoms with van der Waals surface area (Å²) in [5.74, 6) is 0.0942. The number of aromatic nitrogens is 2. The number of benzene rings is 1. The van der Waals surface area contributed by atoms with Crippen molar-refractivity contribution < 1.29 is 4.79 Å². The number of fused-ring (bicyclic) bond motifs is 1. The molecule has 1 aromatic carbocycles. The molecule has 2 N–H and O–H groups in total. The van der Waals surface area contributed by atoms with Crippen molar-refractivity contribution in [1.82, 2.24) is 10.2 Å². The molecule has 1 aliphatic carbocycles. The van der Waals surface area contributed by atoms with Gasteiger partial charge in [-0.1, -0.05) is 18.6 Å². The second kappa shape index (κ2) is 7.02. The van der Waals surface area contributed by atoms with Gasteiger partial charge in [-0.25, -0.2) is 0 Å². The maximum Gasteiger partial charge on any atom is 0.156 e. The molecule has 0 saturated heterocycles. The zero-order valence-corrected chi connectivity index (χ0v) is 16.0. The number of aromatic amines is 1. The van der Waals surface area contributed by atoms with E-state index in [1.54, 1.807) is 18.3 Å². The number of nitriles is 2. The summed E-state index contributed by atoms with van der Waals surface area (Å²) in [5, 5.41) is 29.8. The molecule has 4 rings (SSSR count). The molecule has 0 radical (unpaired) electrons. The zero-order chi connectivity index (χ0) is 19.0. The molecule has 2 heterocycles. The van der Waals surface area contributed by atoms with Crippen molar-refractivity contribution in [2.45, 2.75) is 31.6 Å². The van der Waals surface area contributed by atoms with Gasteiger partial charge in [-0.3, -0.25) is 9.89 Å². The van der Waals surface area contributed by atoms with Crippen LogP contribution in [-0.4, -0.2) is 16.0 Å². The van der Waals surface area contributed by atoms with E-state index in [4.69, 9.17) is 0 Å². The molecule has 0 bridgehead atoms. The lowest BCUT2D eigenvalue weighted by atomic mass is 9.77. The minimum atomic E-state index is -0.391. The fraction of sp³-hybridized carbons (Fsp3) is 0.300. The van der Waals surface area contributed by atoms with Crippen LogP contribution in [0.15, 0.2) is 40.1 Å². The number of carbonyl (C=O) groups excluding carboxylic acids is 1. The quantitative estimate of drug-likeness (QED) is 0.757. The molecule has 27 heavy (non-hydrogen) atoms. The van der Waals surface area contributed by atoms with Crippen molar-refractivity contribution in [2.75, 3.05) is 5.32 Å². The average Bonchev–Trinajstić information content (AvgIpc) is 3.15. The molecule has 1 aromatic heterocycles. The smallest absolute Gasteiger partial charge is 0.156 e. The van der Waals surface area contributed by atoms with Crippen LogP contribution in [0.2, 0.25) is 0 Å². The van der Waals surface area contributed by atoms with Crippen LogP contribution in [0.25, 0.3) is 0 Å². The van der Waals surface area contributed by atoms with Crippen LogP contribution in [-0.2, 0) is 4.79 Å². The Kier molecular flexibility index (Phi) is 4.55. The summed E-state index contributed by atoms with van der Waals surface area (Å²) in [7, 11) is 0. The lowest BCUT2D eigenvalue weighted by Gasteiger charge is -2.31. The number of hydrogen-bond acceptors (Lipinski definition) is 5. The molecular weight excluding hydrogens is 406 g/mol. The molecule has 1 saturated carbocycles. The standard InChI is InChI=1S/C20H16BrN5O/c21-18-11(8-22)4-3-6-13(18)17-14(9-23)19(12-5-1-2-7-16(12)27)25-20-15(17)10-24-26-20/h3-4,6,10,12,17H,1-2,5,7H2,(H2,24,25,26). The van der Waals surface area contributed by atoms with E-state index >= 15 is 0 Å². The fourth-order valence-electron chi connectivity index (χ4n) is 4.00. The molecular formula is C20H16BrN5O. The highest BCUT2D eigenvalue weighted by Gasteiger charge is 2.38. The van der Waals surface area contributed by atoms with Crippen LogP contribution in [0.5, 0.6) is 0 Å². The van der Waals surface area contributed by atoms with Crippen molar-refractivity contribution in [3.05, 3.63) is 56.8 Å². The molecule has 0 amide bonds. The Morgan fingerprint density at radius 1 is 1.19 bits per heavy atom. The molecule has 2 atom stereocenters. The summed E-state index contributed by atoms with van der Waals surface area (Å²) >= 11 is 3.53. The van der Waals surface area contributed by atoms with E-state index in [-0.39, 0.29) is 11.7 Å². The predicted molar refractivity (Wildman–Crippen MR) is 103 cm³/mol. The van der Waals surface area contributed by atoms with Gasteiger partial charge in [0.05, 0.1) is 29.0 Å². The SMILES string of the molecule is N#CC1=C(C2CCCCC2=O)Nc2n[nH]cc2C1c1cccc(C#N)c1Br. The van der Waals surface area contributed by atoms with Gasteiger partial charge in [-0.05, 0) is 40.4 Å². The first-order valence-corrected chi connectivity index (χ1v) is 9.61. The number of H-pyrrole nitrogens is 1. The Balaban J connectivity index is 1.93. The molecule has 6 nitrogen and oxygen atoms in total. The summed E-state index contributed by atoms with van der Waals surface area (Å²) in [4.78, 5) is 12.6. The number of nitrogens with zero attached hydrogens (tertiary/aromatic N) is 3. The highest BCUT2D eigenvalue weighted by Crippen LogP contribution is 2.46. The number of hydrogen-bond donors (Lipinski definition) is 2. The largest absolute Gasteiger partial charge is 0.340 e. The van der Waals surface area contributed by atoms with E-state index in [1.165, 1.54) is 0 Å². The van der Waals surface area contributed by atoms with Crippen molar-refractivity contribution in [3.63, 3.8) is 0 Å². The normalized spacial score (nSPS) is 21.8. The second-order valence-electron chi connectivity index (χ2n) is 6.77. The molecule has 2 aromatic rings. The van der Waals surface area contributed by atoms with Crippen molar-refractivity contribution in [3.8, 4) is 12.1 Å². The highest BCUT2D eigenvalue weighted by molar-refractivity contribution is 9.10. The van der Waals surface area contributed by atoms with E-state index in [2.05, 4.69) is 43.6 Å². The topological polar surface area (TPSA) is 105 Å². The van der Waals surface area contributed by atoms with Crippen LogP contribution in [0.1, 0.15) is 48.3 Å². The second-order valence-corrected chi connectivity index (χ2v) is 7.56. The van der Waals surface area contributed by atoms with Gasteiger partial charge in [-0.15, -0.1) is 0 Å². The van der Waals surface area contributed by atoms with Crippen LogP contribution in [0, 0.1) is 28.6 Å². The van der Waals surface area contributed by atoms with Crippen molar-refractivity contribution in [1.29, 1.82) is 10.5 Å². The van der Waals surface area contributed by atoms with E-state index in [0.29, 0.717) is 33.5 Å². The summed E-state index contributed by atoms with van der Waals surface area (Å²) in [6.45, 7) is 0. The van der Waals surface area contributed by atoms with Crippen molar-refractivity contribution in [2.24, 2.45) is 5.92 Å². The number of Topliss-reactive ketones (excluding diaryl/α,β-unsaturated/α-hetero) is 1. The molecule has 1 aliphatic heterocycles. The van der Waals surface area contributed by atoms with Gasteiger partial charge < -0.3 is 5.32 Å². The Labute approximate surface area is 165 Å². The van der Waals surface area contributed by atoms with Crippen LogP contribution < -0.4 is 5.32 Å². The Morgan fingerprint density at radius 2 is 2.04 bits per heavy atom. The molecule has 7 heteroatoms. The maximum absolute atomic E-state index is 12.6. The van der Waals surface area contributed by atoms with E-state index in [9.17, 15) is 15.3 Å². The van der Waals surface area contributed by atoms with Crippen LogP contribution >= 0.6 is 15.9 Å². The Hall–Kier alpha value is -2.90. The molecule has 0 spiro atoms. The predicted octanol–water partition coefficient (Wildman–Crippen LogP) is 4.14. The van der Waals surface area contributed by atoms with E-state index < -0.39 is 5.92 Å². The number of rotatable bonds is 2. The van der Waals surface area contributed by atoms with Gasteiger partial charge >= 0.3 is 0 Å². The van der Waals surface area contributed by atoms with Gasteiger partial charge in [0.15, 0.2) is 5.82 Å². The summed E-state index contributed by atoms with van der Waals surface area (Å²) < 4.78 is 0.661. The van der Waals surface area contributed by atoms with Gasteiger partial charge in [0, 0.05) is 28.4 Å². The zero-order valence-electron chi connectivity index (χ0n) is 14.4. The first-order valence-electron chi connectivity index (χ1n) is 8.81. The van der Waals surface area contributed by atoms with Crippen LogP contribution in [0.4, 0.5) is 5.82 Å². The lowest BCUT2D eigenvalue weighted by Crippen LogP contribution is -2.29. The highest BCUT2D eigenvalue weighted by atomic mass is 79.9. The maximum atomic E-state index is 12.6. The van der Waals surface area contributed by atoms with E-state index in [1.807, 2.05) is 6.07 Å². The van der Waals surface area contributed by atoms with Gasteiger partial charge in [0.2, 0.25) is 0 Å². The fourth-order valence-corrected chi connectivity index (χ4v) is 4.58. The lowest BCUT2D eigenvalue weighted by molar-refractivity contribution is -0.123. The number of anilines is 1. The minimum Gasteiger partial charge on any atom is -0.340 e. The number of ketones is 1. The summed E-state index contributed by atoms with van der Waals surface area (Å²) in [5.41, 5.74) is 3.31. The molecule has 134 valence electrons. The summed E-state index contributed by atoms with van der Waals surface area (Å²) in [6.07, 6.45) is 4.90. The number of halogens is 1. The number of nitrogens with one attached hydrogen (secondary N) is 2. The monoisotopic (exact) mass is 421 g/mol. The first kappa shape index (κ1) is 17.5. The number of allylic oxidation sites excluding steroid dienone is 2. The Bertz CT molecular complexity index is 1040. The third-order valence-electron chi connectivity index (χ3n) is 5.30. The third-order valence-corrected chi connectivity index (χ3v) is 6.18. The van der Waals surface area contributed by atoms with E-state index in [0.717, 1.165) is 30.4 Å². The van der Waals surface area contributed by atoms with Crippen LogP contribution in [0.3, 0.4) is 0 Å². The number of carbonyl (C=O) groups is 1. The third kappa shape index (κ3) is 2.85. The van der Waals surface area contributed by atoms with Crippen molar-refractivity contribution >= 4 is 27.5 Å².